The third-order valence-electron chi connectivity index (χ3n) is 4.73. The van der Waals surface area contributed by atoms with E-state index in [1.165, 1.54) is 38.5 Å². The predicted molar refractivity (Wildman–Crippen MR) is 60.7 cm³/mol. The zero-order chi connectivity index (χ0) is 10.3. The van der Waals surface area contributed by atoms with Crippen LogP contribution in [0.15, 0.2) is 0 Å². The van der Waals surface area contributed by atoms with Crippen molar-refractivity contribution in [2.75, 3.05) is 0 Å². The summed E-state index contributed by atoms with van der Waals surface area (Å²) >= 11 is 0. The molecule has 0 amide bonds. The normalized spacial score (nSPS) is 46.2. The highest BCUT2D eigenvalue weighted by Gasteiger charge is 2.43. The van der Waals surface area contributed by atoms with Crippen molar-refractivity contribution in [3.05, 3.63) is 0 Å². The van der Waals surface area contributed by atoms with Crippen molar-refractivity contribution >= 4 is 0 Å². The molecule has 3 aliphatic rings. The Kier molecular flexibility index (Phi) is 2.52. The quantitative estimate of drug-likeness (QED) is 0.731. The van der Waals surface area contributed by atoms with Gasteiger partial charge >= 0.3 is 0 Å². The van der Waals surface area contributed by atoms with Gasteiger partial charge in [-0.25, -0.2) is 0 Å². The van der Waals surface area contributed by atoms with Crippen LogP contribution in [0.3, 0.4) is 0 Å². The van der Waals surface area contributed by atoms with Crippen molar-refractivity contribution in [3.63, 3.8) is 0 Å². The predicted octanol–water partition coefficient (Wildman–Crippen LogP) is 2.21. The van der Waals surface area contributed by atoms with E-state index in [0.29, 0.717) is 12.1 Å². The zero-order valence-electron chi connectivity index (χ0n) is 9.54. The Morgan fingerprint density at radius 3 is 2.20 bits per heavy atom. The van der Waals surface area contributed by atoms with Gasteiger partial charge in [0.1, 0.15) is 0 Å². The SMILES string of the molecule is OC1(CC2CCCC2)CC2CCC(C1)N2. The average Bonchev–Trinajstić information content (AvgIpc) is 2.76. The average molecular weight is 209 g/mol. The Morgan fingerprint density at radius 1 is 1.00 bits per heavy atom. The summed E-state index contributed by atoms with van der Waals surface area (Å²) in [4.78, 5) is 0. The summed E-state index contributed by atoms with van der Waals surface area (Å²) < 4.78 is 0. The van der Waals surface area contributed by atoms with Crippen LogP contribution in [0, 0.1) is 5.92 Å². The summed E-state index contributed by atoms with van der Waals surface area (Å²) in [6, 6.07) is 1.24. The van der Waals surface area contributed by atoms with Gasteiger partial charge in [0.25, 0.3) is 0 Å². The fourth-order valence-corrected chi connectivity index (χ4v) is 4.14. The summed E-state index contributed by atoms with van der Waals surface area (Å²) in [6.45, 7) is 0. The Morgan fingerprint density at radius 2 is 1.60 bits per heavy atom. The van der Waals surface area contributed by atoms with Gasteiger partial charge in [-0.05, 0) is 38.0 Å². The Balaban J connectivity index is 1.63. The van der Waals surface area contributed by atoms with Gasteiger partial charge < -0.3 is 10.4 Å². The Hall–Kier alpha value is -0.0800. The highest BCUT2D eigenvalue weighted by atomic mass is 16.3. The summed E-state index contributed by atoms with van der Waals surface area (Å²) in [7, 11) is 0. The minimum atomic E-state index is -0.313. The molecule has 1 aliphatic carbocycles. The molecule has 0 aromatic rings. The van der Waals surface area contributed by atoms with Crippen LogP contribution in [0.1, 0.15) is 57.8 Å². The molecule has 0 radical (unpaired) electrons. The molecular formula is C13H23NO. The third kappa shape index (κ3) is 2.07. The van der Waals surface area contributed by atoms with Gasteiger partial charge in [0.05, 0.1) is 5.60 Å². The van der Waals surface area contributed by atoms with E-state index in [0.717, 1.165) is 25.2 Å². The van der Waals surface area contributed by atoms with Gasteiger partial charge in [-0.2, -0.15) is 0 Å². The molecule has 86 valence electrons. The number of fused-ring (bicyclic) bond motifs is 2. The van der Waals surface area contributed by atoms with E-state index >= 15 is 0 Å². The van der Waals surface area contributed by atoms with Crippen molar-refractivity contribution < 1.29 is 5.11 Å². The largest absolute Gasteiger partial charge is 0.390 e. The highest BCUT2D eigenvalue weighted by Crippen LogP contribution is 2.41. The van der Waals surface area contributed by atoms with Crippen molar-refractivity contribution in [1.29, 1.82) is 0 Å². The second-order valence-corrected chi connectivity index (χ2v) is 6.13. The molecule has 2 atom stereocenters. The second kappa shape index (κ2) is 3.74. The van der Waals surface area contributed by atoms with Crippen molar-refractivity contribution in [2.24, 2.45) is 5.92 Å². The van der Waals surface area contributed by atoms with Crippen LogP contribution >= 0.6 is 0 Å². The third-order valence-corrected chi connectivity index (χ3v) is 4.73. The van der Waals surface area contributed by atoms with Crippen LogP contribution in [0.4, 0.5) is 0 Å². The van der Waals surface area contributed by atoms with Crippen molar-refractivity contribution in [1.82, 2.24) is 5.32 Å². The molecule has 2 heterocycles. The topological polar surface area (TPSA) is 32.3 Å². The molecule has 2 bridgehead atoms. The summed E-state index contributed by atoms with van der Waals surface area (Å²) in [5.74, 6) is 0.826. The monoisotopic (exact) mass is 209 g/mol. The molecule has 2 N–H and O–H groups in total. The van der Waals surface area contributed by atoms with E-state index in [-0.39, 0.29) is 5.60 Å². The van der Waals surface area contributed by atoms with E-state index in [1.54, 1.807) is 0 Å². The molecule has 1 saturated carbocycles. The number of aliphatic hydroxyl groups is 1. The van der Waals surface area contributed by atoms with E-state index in [1.807, 2.05) is 0 Å². The van der Waals surface area contributed by atoms with Crippen LogP contribution in [0.2, 0.25) is 0 Å². The van der Waals surface area contributed by atoms with Gasteiger partial charge in [-0.3, -0.25) is 0 Å². The summed E-state index contributed by atoms with van der Waals surface area (Å²) in [6.07, 6.45) is 11.2. The number of piperidine rings is 1. The standard InChI is InChI=1S/C13H23NO/c15-13(7-10-3-1-2-4-10)8-11-5-6-12(9-13)14-11/h10-12,14-15H,1-9H2. The van der Waals surface area contributed by atoms with Gasteiger partial charge in [-0.15, -0.1) is 0 Å². The molecule has 3 fully saturated rings. The van der Waals surface area contributed by atoms with Crippen molar-refractivity contribution in [3.8, 4) is 0 Å². The molecule has 0 aromatic carbocycles. The van der Waals surface area contributed by atoms with Crippen LogP contribution in [0.5, 0.6) is 0 Å². The molecular weight excluding hydrogens is 186 g/mol. The van der Waals surface area contributed by atoms with E-state index in [9.17, 15) is 5.11 Å². The molecule has 0 aromatic heterocycles. The maximum atomic E-state index is 10.7. The highest BCUT2D eigenvalue weighted by molar-refractivity contribution is 5.00. The van der Waals surface area contributed by atoms with Gasteiger partial charge in [0.15, 0.2) is 0 Å². The minimum absolute atomic E-state index is 0.313. The number of hydrogen-bond donors (Lipinski definition) is 2. The fourth-order valence-electron chi connectivity index (χ4n) is 4.14. The van der Waals surface area contributed by atoms with Crippen LogP contribution in [-0.4, -0.2) is 22.8 Å². The first-order valence-electron chi connectivity index (χ1n) is 6.72. The van der Waals surface area contributed by atoms with Gasteiger partial charge in [0.2, 0.25) is 0 Å². The Bertz CT molecular complexity index is 223. The second-order valence-electron chi connectivity index (χ2n) is 6.13. The molecule has 2 unspecified atom stereocenters. The molecule has 2 heteroatoms. The number of nitrogens with one attached hydrogen (secondary N) is 1. The first-order valence-corrected chi connectivity index (χ1v) is 6.72. The van der Waals surface area contributed by atoms with E-state index in [2.05, 4.69) is 5.32 Å². The van der Waals surface area contributed by atoms with Gasteiger partial charge in [-0.1, -0.05) is 25.7 Å². The van der Waals surface area contributed by atoms with E-state index < -0.39 is 0 Å². The molecule has 15 heavy (non-hydrogen) atoms. The number of rotatable bonds is 2. The minimum Gasteiger partial charge on any atom is -0.390 e. The lowest BCUT2D eigenvalue weighted by molar-refractivity contribution is -0.0263. The smallest absolute Gasteiger partial charge is 0.0680 e. The zero-order valence-corrected chi connectivity index (χ0v) is 9.54. The Labute approximate surface area is 92.4 Å². The summed E-state index contributed by atoms with van der Waals surface area (Å²) in [5, 5.41) is 14.3. The maximum absolute atomic E-state index is 10.7. The lowest BCUT2D eigenvalue weighted by Gasteiger charge is -2.38. The molecule has 3 rings (SSSR count). The fraction of sp³-hybridized carbons (Fsp3) is 1.00. The lowest BCUT2D eigenvalue weighted by Crippen LogP contribution is -2.49. The lowest BCUT2D eigenvalue weighted by atomic mass is 9.80. The van der Waals surface area contributed by atoms with E-state index in [4.69, 9.17) is 0 Å². The summed E-state index contributed by atoms with van der Waals surface area (Å²) in [5.41, 5.74) is -0.313. The van der Waals surface area contributed by atoms with Crippen LogP contribution in [0.25, 0.3) is 0 Å². The maximum Gasteiger partial charge on any atom is 0.0680 e. The van der Waals surface area contributed by atoms with Crippen LogP contribution in [-0.2, 0) is 0 Å². The molecule has 0 spiro atoms. The van der Waals surface area contributed by atoms with Crippen LogP contribution < -0.4 is 5.32 Å². The first kappa shape index (κ1) is 10.1. The molecule has 2 aliphatic heterocycles. The van der Waals surface area contributed by atoms with Gasteiger partial charge in [0, 0.05) is 12.1 Å². The first-order chi connectivity index (χ1) is 7.23. The molecule has 2 saturated heterocycles. The molecule has 2 nitrogen and oxygen atoms in total. The number of hydrogen-bond acceptors (Lipinski definition) is 2. The van der Waals surface area contributed by atoms with Crippen molar-refractivity contribution in [2.45, 2.75) is 75.5 Å².